The van der Waals surface area contributed by atoms with E-state index in [0.29, 0.717) is 22.8 Å². The van der Waals surface area contributed by atoms with Crippen molar-refractivity contribution in [3.05, 3.63) is 80.5 Å². The Hall–Kier alpha value is -3.49. The highest BCUT2D eigenvalue weighted by Gasteiger charge is 2.46. The molecule has 0 radical (unpaired) electrons. The van der Waals surface area contributed by atoms with Crippen molar-refractivity contribution in [3.63, 3.8) is 0 Å². The summed E-state index contributed by atoms with van der Waals surface area (Å²) in [5.74, 6) is -0.257. The van der Waals surface area contributed by atoms with Gasteiger partial charge in [-0.25, -0.2) is 0 Å². The first-order chi connectivity index (χ1) is 16.4. The van der Waals surface area contributed by atoms with Crippen LogP contribution in [0.5, 0.6) is 17.2 Å². The normalized spacial score (nSPS) is 17.2. The maximum Gasteiger partial charge on any atom is 0.295 e. The van der Waals surface area contributed by atoms with E-state index in [-0.39, 0.29) is 22.9 Å². The van der Waals surface area contributed by atoms with Gasteiger partial charge in [0.1, 0.15) is 11.5 Å². The number of Topliss-reactive ketones (excluding diaryl/α,β-unsaturated/α-hetero) is 1. The van der Waals surface area contributed by atoms with Gasteiger partial charge in [0, 0.05) is 17.0 Å². The number of carbonyl (C=O) groups excluding carboxylic acids is 2. The highest BCUT2D eigenvalue weighted by Crippen LogP contribution is 2.43. The topological polar surface area (TPSA) is 85.3 Å². The molecule has 1 aliphatic rings. The molecule has 1 saturated heterocycles. The van der Waals surface area contributed by atoms with Gasteiger partial charge in [0.05, 0.1) is 38.0 Å². The number of aliphatic hydroxyl groups excluding tert-OH is 1. The van der Waals surface area contributed by atoms with E-state index in [9.17, 15) is 14.7 Å². The van der Waals surface area contributed by atoms with Crippen molar-refractivity contribution >= 4 is 40.4 Å². The highest BCUT2D eigenvalue weighted by atomic mass is 35.5. The van der Waals surface area contributed by atoms with E-state index in [2.05, 4.69) is 0 Å². The molecule has 0 aliphatic carbocycles. The second kappa shape index (κ2) is 9.79. The number of rotatable bonds is 7. The van der Waals surface area contributed by atoms with E-state index in [4.69, 9.17) is 25.8 Å². The number of hydrogen-bond acceptors (Lipinski definition) is 7. The molecule has 9 heteroatoms. The molecule has 1 atom stereocenters. The smallest absolute Gasteiger partial charge is 0.295 e. The van der Waals surface area contributed by atoms with Crippen LogP contribution in [0.15, 0.2) is 59.5 Å². The van der Waals surface area contributed by atoms with Crippen LogP contribution in [-0.4, -0.2) is 43.0 Å². The lowest BCUT2D eigenvalue weighted by Crippen LogP contribution is -2.28. The molecular weight excluding hydrogens is 478 g/mol. The van der Waals surface area contributed by atoms with E-state index >= 15 is 0 Å². The van der Waals surface area contributed by atoms with Crippen LogP contribution in [0, 0.1) is 0 Å². The summed E-state index contributed by atoms with van der Waals surface area (Å²) in [7, 11) is 4.55. The van der Waals surface area contributed by atoms with Crippen molar-refractivity contribution in [2.24, 2.45) is 0 Å². The number of nitrogens with zero attached hydrogens (tertiary/aromatic N) is 1. The minimum Gasteiger partial charge on any atom is -0.507 e. The molecule has 0 bridgehead atoms. The third-order valence-electron chi connectivity index (χ3n) is 5.58. The lowest BCUT2D eigenvalue weighted by atomic mass is 9.99. The number of halogens is 1. The van der Waals surface area contributed by atoms with Crippen molar-refractivity contribution in [2.75, 3.05) is 21.3 Å². The molecule has 1 unspecified atom stereocenters. The second-order valence-electron chi connectivity index (χ2n) is 7.48. The van der Waals surface area contributed by atoms with Crippen molar-refractivity contribution in [1.29, 1.82) is 0 Å². The summed E-state index contributed by atoms with van der Waals surface area (Å²) in [6, 6.07) is 12.9. The number of carbonyl (C=O) groups is 2. The van der Waals surface area contributed by atoms with Gasteiger partial charge in [-0.05, 0) is 47.3 Å². The number of hydrogen-bond donors (Lipinski definition) is 1. The average Bonchev–Trinajstić information content (AvgIpc) is 3.46. The Balaban J connectivity index is 1.80. The van der Waals surface area contributed by atoms with Crippen molar-refractivity contribution in [2.45, 2.75) is 12.6 Å². The van der Waals surface area contributed by atoms with Gasteiger partial charge >= 0.3 is 0 Å². The predicted molar refractivity (Wildman–Crippen MR) is 130 cm³/mol. The first kappa shape index (κ1) is 23.7. The molecule has 1 fully saturated rings. The van der Waals surface area contributed by atoms with Crippen LogP contribution in [0.2, 0.25) is 5.02 Å². The zero-order valence-corrected chi connectivity index (χ0v) is 20.3. The van der Waals surface area contributed by atoms with E-state index < -0.39 is 17.7 Å². The quantitative estimate of drug-likeness (QED) is 0.278. The zero-order chi connectivity index (χ0) is 24.4. The number of likely N-dealkylation sites (tertiary alicyclic amines) is 1. The van der Waals surface area contributed by atoms with Crippen molar-refractivity contribution in [1.82, 2.24) is 4.90 Å². The van der Waals surface area contributed by atoms with Gasteiger partial charge in [-0.2, -0.15) is 0 Å². The highest BCUT2D eigenvalue weighted by molar-refractivity contribution is 7.10. The van der Waals surface area contributed by atoms with Crippen LogP contribution in [0.4, 0.5) is 0 Å². The number of ketones is 1. The van der Waals surface area contributed by atoms with E-state index in [1.54, 1.807) is 30.3 Å². The van der Waals surface area contributed by atoms with Gasteiger partial charge in [0.15, 0.2) is 11.5 Å². The number of amides is 1. The molecule has 2 heterocycles. The van der Waals surface area contributed by atoms with E-state index in [0.717, 1.165) is 10.4 Å². The molecule has 176 valence electrons. The predicted octanol–water partition coefficient (Wildman–Crippen LogP) is 5.05. The lowest BCUT2D eigenvalue weighted by molar-refractivity contribution is -0.140. The second-order valence-corrected chi connectivity index (χ2v) is 8.87. The van der Waals surface area contributed by atoms with Crippen LogP contribution in [0.25, 0.3) is 5.76 Å². The van der Waals surface area contributed by atoms with E-state index in [1.807, 2.05) is 17.5 Å². The van der Waals surface area contributed by atoms with Gasteiger partial charge in [0.25, 0.3) is 11.7 Å². The maximum atomic E-state index is 13.2. The van der Waals surface area contributed by atoms with Gasteiger partial charge in [-0.15, -0.1) is 11.3 Å². The standard InChI is InChI=1S/C25H22ClNO6S/c1-31-17-9-7-15(12-16(17)26)23(28)21-22(20-5-4-10-34-20)27(25(30)24(21)29)13-14-6-8-18(32-2)19(11-14)33-3/h4-12,22,28H,13H2,1-3H3/b23-21-. The SMILES string of the molecule is COc1ccc(/C(O)=C2/C(=O)C(=O)N(Cc3ccc(OC)c(OC)c3)C2c2cccs2)cc1Cl. The molecule has 0 spiro atoms. The van der Waals surface area contributed by atoms with Gasteiger partial charge in [-0.1, -0.05) is 23.7 Å². The minimum absolute atomic E-state index is 0.00848. The van der Waals surface area contributed by atoms with Crippen molar-refractivity contribution in [3.8, 4) is 17.2 Å². The Morgan fingerprint density at radius 2 is 1.71 bits per heavy atom. The van der Waals surface area contributed by atoms with Gasteiger partial charge < -0.3 is 24.2 Å². The molecule has 7 nitrogen and oxygen atoms in total. The van der Waals surface area contributed by atoms with Crippen LogP contribution in [0.3, 0.4) is 0 Å². The zero-order valence-electron chi connectivity index (χ0n) is 18.7. The Morgan fingerprint density at radius 1 is 1.00 bits per heavy atom. The van der Waals surface area contributed by atoms with Crippen LogP contribution >= 0.6 is 22.9 Å². The maximum absolute atomic E-state index is 13.2. The monoisotopic (exact) mass is 499 g/mol. The molecule has 1 amide bonds. The fourth-order valence-corrected chi connectivity index (χ4v) is 5.03. The molecule has 1 aliphatic heterocycles. The minimum atomic E-state index is -0.761. The molecule has 1 N–H and O–H groups in total. The molecular formula is C25H22ClNO6S. The number of benzene rings is 2. The van der Waals surface area contributed by atoms with Crippen LogP contribution < -0.4 is 14.2 Å². The Bertz CT molecular complexity index is 1270. The first-order valence-corrected chi connectivity index (χ1v) is 11.5. The Labute approximate surface area is 205 Å². The number of aliphatic hydroxyl groups is 1. The third-order valence-corrected chi connectivity index (χ3v) is 6.80. The van der Waals surface area contributed by atoms with Crippen LogP contribution in [-0.2, 0) is 16.1 Å². The fraction of sp³-hybridized carbons (Fsp3) is 0.200. The summed E-state index contributed by atoms with van der Waals surface area (Å²) in [6.45, 7) is 0.133. The Kier molecular flexibility index (Phi) is 6.81. The number of methoxy groups -OCH3 is 3. The number of ether oxygens (including phenoxy) is 3. The summed E-state index contributed by atoms with van der Waals surface area (Å²) in [5.41, 5.74) is 1.07. The molecule has 2 aromatic carbocycles. The van der Waals surface area contributed by atoms with Crippen LogP contribution in [0.1, 0.15) is 22.0 Å². The van der Waals surface area contributed by atoms with Crippen molar-refractivity contribution < 1.29 is 28.9 Å². The summed E-state index contributed by atoms with van der Waals surface area (Å²) in [6.07, 6.45) is 0. The molecule has 34 heavy (non-hydrogen) atoms. The summed E-state index contributed by atoms with van der Waals surface area (Å²) < 4.78 is 15.8. The summed E-state index contributed by atoms with van der Waals surface area (Å²) in [5, 5.41) is 13.3. The average molecular weight is 500 g/mol. The fourth-order valence-electron chi connectivity index (χ4n) is 3.93. The molecule has 3 aromatic rings. The Morgan fingerprint density at radius 3 is 2.32 bits per heavy atom. The largest absolute Gasteiger partial charge is 0.507 e. The van der Waals surface area contributed by atoms with Gasteiger partial charge in [-0.3, -0.25) is 9.59 Å². The third kappa shape index (κ3) is 4.22. The summed E-state index contributed by atoms with van der Waals surface area (Å²) >= 11 is 7.63. The number of thiophene rings is 1. The van der Waals surface area contributed by atoms with Gasteiger partial charge in [0.2, 0.25) is 0 Å². The molecule has 0 saturated carbocycles. The molecule has 4 rings (SSSR count). The lowest BCUT2D eigenvalue weighted by Gasteiger charge is -2.24. The summed E-state index contributed by atoms with van der Waals surface area (Å²) in [4.78, 5) is 28.5. The first-order valence-electron chi connectivity index (χ1n) is 10.3. The van der Waals surface area contributed by atoms with E-state index in [1.165, 1.54) is 43.6 Å². The molecule has 1 aromatic heterocycles.